The first-order valence-electron chi connectivity index (χ1n) is 13.4. The van der Waals surface area contributed by atoms with E-state index < -0.39 is 11.6 Å². The predicted molar refractivity (Wildman–Crippen MR) is 148 cm³/mol. The maximum absolute atomic E-state index is 13.5. The van der Waals surface area contributed by atoms with Crippen LogP contribution in [0.2, 0.25) is 0 Å². The van der Waals surface area contributed by atoms with Crippen molar-refractivity contribution in [1.82, 2.24) is 9.55 Å². The smallest absolute Gasteiger partial charge is 0.343 e. The molecule has 0 aliphatic carbocycles. The van der Waals surface area contributed by atoms with Crippen LogP contribution in [0.1, 0.15) is 52.9 Å². The molecule has 0 spiro atoms. The number of pyridine rings is 2. The third-order valence-electron chi connectivity index (χ3n) is 8.00. The summed E-state index contributed by atoms with van der Waals surface area (Å²) in [6, 6.07) is 11.4. The molecule has 10 heteroatoms. The molecular weight excluding hydrogens is 528 g/mol. The molecule has 2 N–H and O–H groups in total. The molecule has 4 heterocycles. The molecule has 2 aromatic carbocycles. The Morgan fingerprint density at radius 3 is 2.66 bits per heavy atom. The lowest BCUT2D eigenvalue weighted by atomic mass is 9.86. The van der Waals surface area contributed by atoms with Crippen LogP contribution in [0, 0.1) is 0 Å². The average Bonchev–Trinajstić information content (AvgIpc) is 3.35. The van der Waals surface area contributed by atoms with Crippen molar-refractivity contribution >= 4 is 22.7 Å². The number of cyclic esters (lactones) is 1. The van der Waals surface area contributed by atoms with E-state index in [1.165, 1.54) is 25.3 Å². The van der Waals surface area contributed by atoms with Crippen molar-refractivity contribution in [1.29, 1.82) is 0 Å². The van der Waals surface area contributed by atoms with Gasteiger partial charge in [0.1, 0.15) is 12.4 Å². The zero-order valence-corrected chi connectivity index (χ0v) is 22.8. The highest BCUT2D eigenvalue weighted by molar-refractivity contribution is 5.98. The number of aromatic hydroxyl groups is 1. The monoisotopic (exact) mass is 556 g/mol. The van der Waals surface area contributed by atoms with Crippen molar-refractivity contribution in [3.63, 3.8) is 0 Å². The number of hydrogen-bond donors (Lipinski definition) is 2. The number of aliphatic hydroxyl groups is 1. The van der Waals surface area contributed by atoms with Gasteiger partial charge in [0.25, 0.3) is 5.56 Å². The Labute approximate surface area is 234 Å². The fourth-order valence-corrected chi connectivity index (χ4v) is 5.72. The van der Waals surface area contributed by atoms with Crippen LogP contribution in [0.25, 0.3) is 22.3 Å². The van der Waals surface area contributed by atoms with Gasteiger partial charge in [0.15, 0.2) is 29.5 Å². The molecule has 4 aromatic rings. The number of nitrogens with zero attached hydrogens (tertiary/aromatic N) is 2. The summed E-state index contributed by atoms with van der Waals surface area (Å²) in [6.45, 7) is 3.59. The molecule has 0 bridgehead atoms. The third-order valence-corrected chi connectivity index (χ3v) is 8.00. The molecule has 2 aromatic heterocycles. The topological polar surface area (TPSA) is 137 Å². The number of aromatic nitrogens is 2. The number of carbonyl (C=O) groups is 2. The highest BCUT2D eigenvalue weighted by Crippen LogP contribution is 2.40. The van der Waals surface area contributed by atoms with Crippen LogP contribution in [-0.2, 0) is 34.7 Å². The van der Waals surface area contributed by atoms with E-state index in [4.69, 9.17) is 19.2 Å². The first kappa shape index (κ1) is 26.5. The van der Waals surface area contributed by atoms with Crippen molar-refractivity contribution < 1.29 is 34.0 Å². The summed E-state index contributed by atoms with van der Waals surface area (Å²) in [7, 11) is 1.41. The number of Topliss-reactive ketones (excluding diaryl/α,β-unsaturated/α-hetero) is 1. The number of benzene rings is 2. The van der Waals surface area contributed by atoms with Gasteiger partial charge in [-0.1, -0.05) is 13.8 Å². The maximum atomic E-state index is 13.5. The highest BCUT2D eigenvalue weighted by atomic mass is 16.6. The number of fused-ring (bicyclic) bond motifs is 5. The van der Waals surface area contributed by atoms with E-state index in [0.717, 1.165) is 16.5 Å². The van der Waals surface area contributed by atoms with Gasteiger partial charge >= 0.3 is 5.97 Å². The van der Waals surface area contributed by atoms with E-state index in [0.29, 0.717) is 41.2 Å². The summed E-state index contributed by atoms with van der Waals surface area (Å²) < 4.78 is 17.7. The normalized spacial score (nSPS) is 17.0. The molecule has 0 saturated heterocycles. The van der Waals surface area contributed by atoms with Crippen molar-refractivity contribution in [2.75, 3.05) is 13.7 Å². The Hall–Kier alpha value is -4.70. The predicted octanol–water partition coefficient (Wildman–Crippen LogP) is 3.62. The summed E-state index contributed by atoms with van der Waals surface area (Å²) in [5, 5.41) is 21.7. The second-order valence-electron chi connectivity index (χ2n) is 10.2. The lowest BCUT2D eigenvalue weighted by molar-refractivity contribution is -0.172. The van der Waals surface area contributed by atoms with Gasteiger partial charge in [-0.05, 0) is 60.9 Å². The van der Waals surface area contributed by atoms with E-state index in [2.05, 4.69) is 0 Å². The number of aryl methyl sites for hydroxylation is 1. The number of ketones is 1. The summed E-state index contributed by atoms with van der Waals surface area (Å²) in [5.74, 6) is -0.404. The number of hydrogen-bond acceptors (Lipinski definition) is 9. The fraction of sp³-hybridized carbons (Fsp3) is 0.290. The van der Waals surface area contributed by atoms with Crippen LogP contribution in [0.4, 0.5) is 0 Å². The summed E-state index contributed by atoms with van der Waals surface area (Å²) in [6.07, 6.45) is 0.728. The van der Waals surface area contributed by atoms with Crippen LogP contribution in [0.5, 0.6) is 17.2 Å². The van der Waals surface area contributed by atoms with Crippen LogP contribution < -0.4 is 15.0 Å². The quantitative estimate of drug-likeness (QED) is 0.227. The molecule has 41 heavy (non-hydrogen) atoms. The third kappa shape index (κ3) is 4.05. The molecule has 0 unspecified atom stereocenters. The summed E-state index contributed by atoms with van der Waals surface area (Å²) >= 11 is 0. The average molecular weight is 557 g/mol. The lowest BCUT2D eigenvalue weighted by Gasteiger charge is -2.31. The number of esters is 1. The van der Waals surface area contributed by atoms with Gasteiger partial charge in [-0.15, -0.1) is 0 Å². The van der Waals surface area contributed by atoms with Crippen LogP contribution in [0.3, 0.4) is 0 Å². The molecule has 0 amide bonds. The summed E-state index contributed by atoms with van der Waals surface area (Å²) in [5.41, 5.74) is 2.46. The molecule has 2 aliphatic heterocycles. The fourth-order valence-electron chi connectivity index (χ4n) is 5.72. The number of phenolic OH excluding ortho intramolecular Hbond substituents is 1. The second-order valence-corrected chi connectivity index (χ2v) is 10.2. The minimum atomic E-state index is -1.88. The van der Waals surface area contributed by atoms with Crippen molar-refractivity contribution in [2.45, 2.75) is 45.4 Å². The van der Waals surface area contributed by atoms with E-state index in [1.807, 2.05) is 13.0 Å². The SMILES string of the molecule is CCc1c2c(nc3ccc(OCC(=O)c4ccc(O)c(OC)c4)cc13)-c1cc3c(c(=O)n1C2)COC(=O)[C@]3(O)CC. The first-order valence-corrected chi connectivity index (χ1v) is 13.4. The molecule has 0 saturated carbocycles. The zero-order valence-electron chi connectivity index (χ0n) is 22.8. The van der Waals surface area contributed by atoms with Crippen molar-refractivity contribution in [3.05, 3.63) is 80.6 Å². The lowest BCUT2D eigenvalue weighted by Crippen LogP contribution is -2.44. The molecule has 1 atom stereocenters. The Morgan fingerprint density at radius 2 is 1.93 bits per heavy atom. The van der Waals surface area contributed by atoms with Gasteiger partial charge in [-0.25, -0.2) is 9.78 Å². The maximum Gasteiger partial charge on any atom is 0.343 e. The molecule has 10 nitrogen and oxygen atoms in total. The van der Waals surface area contributed by atoms with E-state index >= 15 is 0 Å². The number of phenols is 1. The molecule has 0 fully saturated rings. The van der Waals surface area contributed by atoms with Crippen LogP contribution in [-0.4, -0.2) is 45.2 Å². The second kappa shape index (κ2) is 9.74. The first-order chi connectivity index (χ1) is 19.7. The Balaban J connectivity index is 1.36. The van der Waals surface area contributed by atoms with Crippen LogP contribution >= 0.6 is 0 Å². The number of ether oxygens (including phenoxy) is 3. The zero-order chi connectivity index (χ0) is 29.1. The standard InChI is InChI=1S/C31H28N2O8/c1-4-18-19-11-17(40-15-26(35)16-6-9-25(34)27(10-16)39-3)7-8-23(19)32-28-20(18)13-33-24(28)12-22-21(29(33)36)14-41-30(37)31(22,38)5-2/h6-12,34,38H,4-5,13-15H2,1-3H3/t31-/m0/s1. The van der Waals surface area contributed by atoms with Crippen LogP contribution in [0.15, 0.2) is 47.3 Å². The van der Waals surface area contributed by atoms with E-state index in [1.54, 1.807) is 29.7 Å². The van der Waals surface area contributed by atoms with Crippen molar-refractivity contribution in [3.8, 4) is 28.6 Å². The van der Waals surface area contributed by atoms with E-state index in [-0.39, 0.29) is 53.6 Å². The largest absolute Gasteiger partial charge is 0.504 e. The molecular formula is C31H28N2O8. The van der Waals surface area contributed by atoms with E-state index in [9.17, 15) is 24.6 Å². The number of methoxy groups -OCH3 is 1. The van der Waals surface area contributed by atoms with Crippen molar-refractivity contribution in [2.24, 2.45) is 0 Å². The molecule has 0 radical (unpaired) electrons. The minimum Gasteiger partial charge on any atom is -0.504 e. The molecule has 210 valence electrons. The molecule has 2 aliphatic rings. The van der Waals surface area contributed by atoms with Gasteiger partial charge in [0.2, 0.25) is 0 Å². The van der Waals surface area contributed by atoms with Gasteiger partial charge in [-0.2, -0.15) is 0 Å². The Morgan fingerprint density at radius 1 is 1.12 bits per heavy atom. The minimum absolute atomic E-state index is 0.0564. The Bertz CT molecular complexity index is 1830. The van der Waals surface area contributed by atoms with Gasteiger partial charge < -0.3 is 29.0 Å². The number of rotatable bonds is 7. The Kier molecular flexibility index (Phi) is 6.30. The van der Waals surface area contributed by atoms with Gasteiger partial charge in [-0.3, -0.25) is 9.59 Å². The van der Waals surface area contributed by atoms with Gasteiger partial charge in [0.05, 0.1) is 36.1 Å². The number of carbonyl (C=O) groups excluding carboxylic acids is 2. The highest BCUT2D eigenvalue weighted by Gasteiger charge is 2.45. The summed E-state index contributed by atoms with van der Waals surface area (Å²) in [4.78, 5) is 43.6. The molecule has 6 rings (SSSR count). The van der Waals surface area contributed by atoms with Gasteiger partial charge in [0, 0.05) is 22.1 Å².